The second-order valence-corrected chi connectivity index (χ2v) is 5.87. The third-order valence-corrected chi connectivity index (χ3v) is 4.19. The van der Waals surface area contributed by atoms with Crippen molar-refractivity contribution in [1.82, 2.24) is 4.90 Å². The molecule has 88 valence electrons. The lowest BCUT2D eigenvalue weighted by Gasteiger charge is -2.36. The van der Waals surface area contributed by atoms with Gasteiger partial charge in [0, 0.05) is 22.3 Å². The lowest BCUT2D eigenvalue weighted by atomic mass is 10.0. The SMILES string of the molecule is CN1CCC(N(C)c2ccc(I)cc2)CC1. The van der Waals surface area contributed by atoms with Crippen LogP contribution in [0.25, 0.3) is 0 Å². The van der Waals surface area contributed by atoms with Gasteiger partial charge in [0.25, 0.3) is 0 Å². The van der Waals surface area contributed by atoms with Gasteiger partial charge in [-0.2, -0.15) is 0 Å². The van der Waals surface area contributed by atoms with E-state index in [2.05, 4.69) is 70.8 Å². The lowest BCUT2D eigenvalue weighted by molar-refractivity contribution is 0.253. The lowest BCUT2D eigenvalue weighted by Crippen LogP contribution is -2.41. The maximum Gasteiger partial charge on any atom is 0.0366 e. The number of piperidine rings is 1. The van der Waals surface area contributed by atoms with E-state index < -0.39 is 0 Å². The summed E-state index contributed by atoms with van der Waals surface area (Å²) in [5.41, 5.74) is 1.34. The normalized spacial score (nSPS) is 18.7. The maximum absolute atomic E-state index is 2.43. The molecule has 16 heavy (non-hydrogen) atoms. The molecule has 1 aliphatic rings. The molecule has 1 heterocycles. The number of halogens is 1. The number of benzene rings is 1. The average Bonchev–Trinajstić information content (AvgIpc) is 2.30. The Morgan fingerprint density at radius 1 is 1.19 bits per heavy atom. The van der Waals surface area contributed by atoms with Crippen molar-refractivity contribution in [2.24, 2.45) is 0 Å². The van der Waals surface area contributed by atoms with Crippen LogP contribution in [0.2, 0.25) is 0 Å². The standard InChI is InChI=1S/C13H19IN2/c1-15-9-7-13(8-10-15)16(2)12-5-3-11(14)4-6-12/h3-6,13H,7-10H2,1-2H3. The van der Waals surface area contributed by atoms with E-state index in [-0.39, 0.29) is 0 Å². The number of nitrogens with zero attached hydrogens (tertiary/aromatic N) is 2. The van der Waals surface area contributed by atoms with Crippen LogP contribution in [0.15, 0.2) is 24.3 Å². The van der Waals surface area contributed by atoms with E-state index in [1.165, 1.54) is 35.2 Å². The Hall–Kier alpha value is -0.290. The highest BCUT2D eigenvalue weighted by Gasteiger charge is 2.20. The predicted molar refractivity (Wildman–Crippen MR) is 78.1 cm³/mol. The topological polar surface area (TPSA) is 6.48 Å². The molecular formula is C13H19IN2. The molecule has 1 aromatic rings. The maximum atomic E-state index is 2.43. The highest BCUT2D eigenvalue weighted by atomic mass is 127. The first-order valence-corrected chi connectivity index (χ1v) is 6.91. The molecule has 1 saturated heterocycles. The number of rotatable bonds is 2. The van der Waals surface area contributed by atoms with Gasteiger partial charge in [-0.1, -0.05) is 0 Å². The summed E-state index contributed by atoms with van der Waals surface area (Å²) in [6.07, 6.45) is 2.55. The van der Waals surface area contributed by atoms with Gasteiger partial charge in [-0.05, 0) is 79.8 Å². The minimum atomic E-state index is 0.705. The van der Waals surface area contributed by atoms with Crippen molar-refractivity contribution in [2.45, 2.75) is 18.9 Å². The smallest absolute Gasteiger partial charge is 0.0366 e. The van der Waals surface area contributed by atoms with Crippen molar-refractivity contribution in [3.8, 4) is 0 Å². The van der Waals surface area contributed by atoms with Crippen LogP contribution >= 0.6 is 22.6 Å². The monoisotopic (exact) mass is 330 g/mol. The fourth-order valence-electron chi connectivity index (χ4n) is 2.27. The van der Waals surface area contributed by atoms with E-state index in [1.54, 1.807) is 0 Å². The molecule has 2 nitrogen and oxygen atoms in total. The second kappa shape index (κ2) is 5.36. The molecule has 1 aliphatic heterocycles. The van der Waals surface area contributed by atoms with Crippen LogP contribution < -0.4 is 4.90 Å². The number of anilines is 1. The zero-order valence-corrected chi connectivity index (χ0v) is 12.1. The molecule has 0 aromatic heterocycles. The van der Waals surface area contributed by atoms with Crippen molar-refractivity contribution in [3.05, 3.63) is 27.8 Å². The van der Waals surface area contributed by atoms with E-state index in [1.807, 2.05) is 0 Å². The zero-order valence-electron chi connectivity index (χ0n) is 9.99. The van der Waals surface area contributed by atoms with Gasteiger partial charge in [-0.25, -0.2) is 0 Å². The summed E-state index contributed by atoms with van der Waals surface area (Å²) in [4.78, 5) is 4.85. The summed E-state index contributed by atoms with van der Waals surface area (Å²) < 4.78 is 1.30. The van der Waals surface area contributed by atoms with Gasteiger partial charge < -0.3 is 9.80 Å². The van der Waals surface area contributed by atoms with E-state index in [0.717, 1.165) is 0 Å². The highest BCUT2D eigenvalue weighted by molar-refractivity contribution is 14.1. The van der Waals surface area contributed by atoms with Crippen LogP contribution in [0.1, 0.15) is 12.8 Å². The van der Waals surface area contributed by atoms with Gasteiger partial charge >= 0.3 is 0 Å². The summed E-state index contributed by atoms with van der Waals surface area (Å²) in [5, 5.41) is 0. The molecule has 0 amide bonds. The fraction of sp³-hybridized carbons (Fsp3) is 0.538. The van der Waals surface area contributed by atoms with Crippen LogP contribution in [0, 0.1) is 3.57 Å². The molecule has 1 aromatic carbocycles. The van der Waals surface area contributed by atoms with E-state index >= 15 is 0 Å². The predicted octanol–water partition coefficient (Wildman–Crippen LogP) is 2.82. The summed E-state index contributed by atoms with van der Waals surface area (Å²) in [5.74, 6) is 0. The number of hydrogen-bond donors (Lipinski definition) is 0. The molecule has 0 unspecified atom stereocenters. The Morgan fingerprint density at radius 3 is 2.31 bits per heavy atom. The summed E-state index contributed by atoms with van der Waals surface area (Å²) in [6, 6.07) is 9.51. The minimum absolute atomic E-state index is 0.705. The Labute approximate surface area is 112 Å². The minimum Gasteiger partial charge on any atom is -0.372 e. The molecular weight excluding hydrogens is 311 g/mol. The van der Waals surface area contributed by atoms with Crippen LogP contribution in [0.3, 0.4) is 0 Å². The summed E-state index contributed by atoms with van der Waals surface area (Å²) >= 11 is 2.35. The number of likely N-dealkylation sites (tertiary alicyclic amines) is 1. The van der Waals surface area contributed by atoms with Crippen LogP contribution in [0.4, 0.5) is 5.69 Å². The van der Waals surface area contributed by atoms with Gasteiger partial charge in [0.1, 0.15) is 0 Å². The van der Waals surface area contributed by atoms with Gasteiger partial charge in [-0.15, -0.1) is 0 Å². The van der Waals surface area contributed by atoms with Crippen LogP contribution in [-0.4, -0.2) is 38.1 Å². The second-order valence-electron chi connectivity index (χ2n) is 4.62. The van der Waals surface area contributed by atoms with E-state index in [9.17, 15) is 0 Å². The van der Waals surface area contributed by atoms with Gasteiger partial charge in [0.2, 0.25) is 0 Å². The molecule has 0 aliphatic carbocycles. The van der Waals surface area contributed by atoms with Crippen molar-refractivity contribution in [2.75, 3.05) is 32.1 Å². The Bertz CT molecular complexity index is 328. The molecule has 0 bridgehead atoms. The molecule has 0 atom stereocenters. The molecule has 0 spiro atoms. The van der Waals surface area contributed by atoms with E-state index in [0.29, 0.717) is 6.04 Å². The average molecular weight is 330 g/mol. The Balaban J connectivity index is 2.01. The first-order chi connectivity index (χ1) is 7.66. The Kier molecular flexibility index (Phi) is 4.08. The molecule has 0 saturated carbocycles. The first kappa shape index (κ1) is 12.2. The quantitative estimate of drug-likeness (QED) is 0.770. The third kappa shape index (κ3) is 2.88. The third-order valence-electron chi connectivity index (χ3n) is 3.47. The van der Waals surface area contributed by atoms with Crippen molar-refractivity contribution in [3.63, 3.8) is 0 Å². The van der Waals surface area contributed by atoms with Gasteiger partial charge in [0.05, 0.1) is 0 Å². The molecule has 1 fully saturated rings. The van der Waals surface area contributed by atoms with Crippen LogP contribution in [-0.2, 0) is 0 Å². The number of hydrogen-bond acceptors (Lipinski definition) is 2. The largest absolute Gasteiger partial charge is 0.372 e. The van der Waals surface area contributed by atoms with Crippen molar-refractivity contribution in [1.29, 1.82) is 0 Å². The zero-order chi connectivity index (χ0) is 11.5. The van der Waals surface area contributed by atoms with Crippen LogP contribution in [0.5, 0.6) is 0 Å². The van der Waals surface area contributed by atoms with Crippen molar-refractivity contribution >= 4 is 28.3 Å². The molecule has 2 rings (SSSR count). The van der Waals surface area contributed by atoms with Gasteiger partial charge in [-0.3, -0.25) is 0 Å². The first-order valence-electron chi connectivity index (χ1n) is 5.84. The summed E-state index contributed by atoms with van der Waals surface area (Å²) in [6.45, 7) is 2.44. The Morgan fingerprint density at radius 2 is 1.75 bits per heavy atom. The van der Waals surface area contributed by atoms with Gasteiger partial charge in [0.15, 0.2) is 0 Å². The highest BCUT2D eigenvalue weighted by Crippen LogP contribution is 2.22. The van der Waals surface area contributed by atoms with E-state index in [4.69, 9.17) is 0 Å². The molecule has 3 heteroatoms. The summed E-state index contributed by atoms with van der Waals surface area (Å²) in [7, 11) is 4.43. The van der Waals surface area contributed by atoms with Crippen molar-refractivity contribution < 1.29 is 0 Å². The molecule has 0 N–H and O–H groups in total. The fourth-order valence-corrected chi connectivity index (χ4v) is 2.63. The molecule has 0 radical (unpaired) electrons.